The number of rotatable bonds is 3. The molecule has 1 aromatic carbocycles. The van der Waals surface area contributed by atoms with Gasteiger partial charge in [0.1, 0.15) is 0 Å². The fourth-order valence-corrected chi connectivity index (χ4v) is 2.60. The molecule has 0 fully saturated rings. The van der Waals surface area contributed by atoms with Crippen molar-refractivity contribution in [1.29, 1.82) is 0 Å². The first kappa shape index (κ1) is 13.2. The number of anilines is 1. The number of nitrogens with zero attached hydrogens (tertiary/aromatic N) is 1. The molecule has 18 heavy (non-hydrogen) atoms. The number of aliphatic hydroxyl groups excluding tert-OH is 1. The Morgan fingerprint density at radius 3 is 2.67 bits per heavy atom. The van der Waals surface area contributed by atoms with Crippen molar-refractivity contribution in [3.63, 3.8) is 0 Å². The first-order valence-corrected chi connectivity index (χ1v) is 6.05. The summed E-state index contributed by atoms with van der Waals surface area (Å²) in [6, 6.07) is 4.01. The van der Waals surface area contributed by atoms with Crippen molar-refractivity contribution in [2.45, 2.75) is 32.0 Å². The maximum Gasteiger partial charge on any atom is 0.416 e. The second-order valence-electron chi connectivity index (χ2n) is 4.50. The molecule has 1 atom stereocenters. The van der Waals surface area contributed by atoms with Gasteiger partial charge in [-0.05, 0) is 43.5 Å². The van der Waals surface area contributed by atoms with Gasteiger partial charge in [-0.3, -0.25) is 0 Å². The Morgan fingerprint density at radius 2 is 2.11 bits per heavy atom. The second kappa shape index (κ2) is 4.80. The molecule has 1 N–H and O–H groups in total. The molecule has 0 saturated carbocycles. The van der Waals surface area contributed by atoms with Crippen molar-refractivity contribution in [2.75, 3.05) is 18.1 Å². The molecule has 1 unspecified atom stereocenters. The van der Waals surface area contributed by atoms with Crippen LogP contribution < -0.4 is 4.90 Å². The third-order valence-corrected chi connectivity index (χ3v) is 3.42. The fourth-order valence-electron chi connectivity index (χ4n) is 2.60. The van der Waals surface area contributed by atoms with E-state index in [1.807, 2.05) is 6.92 Å². The third-order valence-electron chi connectivity index (χ3n) is 3.42. The summed E-state index contributed by atoms with van der Waals surface area (Å²) in [5, 5.41) is 9.00. The van der Waals surface area contributed by atoms with Crippen LogP contribution in [0.15, 0.2) is 18.2 Å². The van der Waals surface area contributed by atoms with Gasteiger partial charge in [0.25, 0.3) is 0 Å². The molecule has 1 aliphatic rings. The monoisotopic (exact) mass is 259 g/mol. The van der Waals surface area contributed by atoms with Crippen LogP contribution in [0.2, 0.25) is 0 Å². The Hall–Kier alpha value is -1.23. The molecular weight excluding hydrogens is 243 g/mol. The largest absolute Gasteiger partial charge is 0.416 e. The zero-order chi connectivity index (χ0) is 13.3. The highest BCUT2D eigenvalue weighted by molar-refractivity contribution is 5.60. The molecule has 1 aliphatic heterocycles. The minimum Gasteiger partial charge on any atom is -0.396 e. The second-order valence-corrected chi connectivity index (χ2v) is 4.50. The maximum atomic E-state index is 12.6. The SMILES string of the molecule is CCN1c2ccc(C(F)(F)F)cc2CC1CCO. The molecule has 2 rings (SSSR count). The zero-order valence-electron chi connectivity index (χ0n) is 10.2. The van der Waals surface area contributed by atoms with Crippen LogP contribution in [-0.4, -0.2) is 24.3 Å². The average molecular weight is 259 g/mol. The number of halogens is 3. The van der Waals surface area contributed by atoms with Crippen LogP contribution >= 0.6 is 0 Å². The van der Waals surface area contributed by atoms with Crippen LogP contribution in [-0.2, 0) is 12.6 Å². The lowest BCUT2D eigenvalue weighted by Gasteiger charge is -2.25. The number of alkyl halides is 3. The van der Waals surface area contributed by atoms with Gasteiger partial charge in [-0.15, -0.1) is 0 Å². The molecule has 0 aliphatic carbocycles. The van der Waals surface area contributed by atoms with E-state index < -0.39 is 11.7 Å². The summed E-state index contributed by atoms with van der Waals surface area (Å²) in [5.41, 5.74) is 0.996. The minimum absolute atomic E-state index is 0.0568. The first-order chi connectivity index (χ1) is 8.47. The molecule has 1 aromatic rings. The molecular formula is C13H16F3NO. The highest BCUT2D eigenvalue weighted by Gasteiger charge is 2.34. The average Bonchev–Trinajstić information content (AvgIpc) is 2.64. The van der Waals surface area contributed by atoms with Gasteiger partial charge in [-0.25, -0.2) is 0 Å². The minimum atomic E-state index is -4.29. The van der Waals surface area contributed by atoms with E-state index >= 15 is 0 Å². The van der Waals surface area contributed by atoms with Crippen LogP contribution in [0, 0.1) is 0 Å². The quantitative estimate of drug-likeness (QED) is 0.902. The fraction of sp³-hybridized carbons (Fsp3) is 0.538. The molecule has 0 bridgehead atoms. The van der Waals surface area contributed by atoms with E-state index in [0.29, 0.717) is 12.8 Å². The highest BCUT2D eigenvalue weighted by atomic mass is 19.4. The van der Waals surface area contributed by atoms with Crippen LogP contribution in [0.3, 0.4) is 0 Å². The topological polar surface area (TPSA) is 23.5 Å². The number of hydrogen-bond acceptors (Lipinski definition) is 2. The summed E-state index contributed by atoms with van der Waals surface area (Å²) >= 11 is 0. The number of benzene rings is 1. The Bertz CT molecular complexity index is 431. The van der Waals surface area contributed by atoms with Gasteiger partial charge < -0.3 is 10.0 Å². The lowest BCUT2D eigenvalue weighted by Crippen LogP contribution is -2.32. The molecule has 100 valence electrons. The maximum absolute atomic E-state index is 12.6. The van der Waals surface area contributed by atoms with Gasteiger partial charge in [-0.2, -0.15) is 13.2 Å². The molecule has 0 amide bonds. The molecule has 0 radical (unpaired) electrons. The van der Waals surface area contributed by atoms with Gasteiger partial charge in [0.15, 0.2) is 0 Å². The van der Waals surface area contributed by atoms with E-state index in [-0.39, 0.29) is 12.6 Å². The van der Waals surface area contributed by atoms with Crippen LogP contribution in [0.25, 0.3) is 0 Å². The lowest BCUT2D eigenvalue weighted by molar-refractivity contribution is -0.137. The zero-order valence-corrected chi connectivity index (χ0v) is 10.2. The molecule has 0 spiro atoms. The summed E-state index contributed by atoms with van der Waals surface area (Å²) in [7, 11) is 0. The van der Waals surface area contributed by atoms with Gasteiger partial charge in [0.2, 0.25) is 0 Å². The van der Waals surface area contributed by atoms with Crippen molar-refractivity contribution in [3.8, 4) is 0 Å². The van der Waals surface area contributed by atoms with E-state index in [9.17, 15) is 13.2 Å². The summed E-state index contributed by atoms with van der Waals surface area (Å²) in [4.78, 5) is 2.06. The van der Waals surface area contributed by atoms with Crippen molar-refractivity contribution < 1.29 is 18.3 Å². The van der Waals surface area contributed by atoms with Crippen molar-refractivity contribution in [1.82, 2.24) is 0 Å². The summed E-state index contributed by atoms with van der Waals surface area (Å²) in [6.45, 7) is 2.77. The molecule has 0 aromatic heterocycles. The van der Waals surface area contributed by atoms with Gasteiger partial charge in [0, 0.05) is 24.9 Å². The molecule has 1 heterocycles. The van der Waals surface area contributed by atoms with E-state index in [0.717, 1.165) is 23.9 Å². The number of aliphatic hydroxyl groups is 1. The highest BCUT2D eigenvalue weighted by Crippen LogP contribution is 2.38. The van der Waals surface area contributed by atoms with Crippen LogP contribution in [0.1, 0.15) is 24.5 Å². The van der Waals surface area contributed by atoms with Crippen molar-refractivity contribution in [2.24, 2.45) is 0 Å². The van der Waals surface area contributed by atoms with Crippen molar-refractivity contribution in [3.05, 3.63) is 29.3 Å². The van der Waals surface area contributed by atoms with Crippen LogP contribution in [0.5, 0.6) is 0 Å². The van der Waals surface area contributed by atoms with Gasteiger partial charge in [-0.1, -0.05) is 0 Å². The third kappa shape index (κ3) is 2.32. The summed E-state index contributed by atoms with van der Waals surface area (Å²) < 4.78 is 37.9. The number of likely N-dealkylation sites (N-methyl/N-ethyl adjacent to an activating group) is 1. The predicted molar refractivity (Wildman–Crippen MR) is 63.7 cm³/mol. The molecule has 0 saturated heterocycles. The molecule has 5 heteroatoms. The van der Waals surface area contributed by atoms with E-state index in [2.05, 4.69) is 4.90 Å². The van der Waals surface area contributed by atoms with Crippen LogP contribution in [0.4, 0.5) is 18.9 Å². The predicted octanol–water partition coefficient (Wildman–Crippen LogP) is 2.84. The molecule has 2 nitrogen and oxygen atoms in total. The Labute approximate surface area is 104 Å². The van der Waals surface area contributed by atoms with Gasteiger partial charge in [0.05, 0.1) is 5.56 Å². The normalized spacial score (nSPS) is 19.2. The first-order valence-electron chi connectivity index (χ1n) is 6.05. The Morgan fingerprint density at radius 1 is 1.39 bits per heavy atom. The summed E-state index contributed by atoms with van der Waals surface area (Å²) in [6.07, 6.45) is -3.13. The number of fused-ring (bicyclic) bond motifs is 1. The lowest BCUT2D eigenvalue weighted by atomic mass is 10.1. The van der Waals surface area contributed by atoms with Gasteiger partial charge >= 0.3 is 6.18 Å². The smallest absolute Gasteiger partial charge is 0.396 e. The number of hydrogen-bond donors (Lipinski definition) is 1. The van der Waals surface area contributed by atoms with E-state index in [1.165, 1.54) is 6.07 Å². The van der Waals surface area contributed by atoms with Crippen molar-refractivity contribution >= 4 is 5.69 Å². The standard InChI is InChI=1S/C13H16F3NO/c1-2-17-11(5-6-18)8-9-7-10(13(14,15)16)3-4-12(9)17/h3-4,7,11,18H,2,5-6,8H2,1H3. The Kier molecular flexibility index (Phi) is 3.52. The summed E-state index contributed by atoms with van der Waals surface area (Å²) in [5.74, 6) is 0. The van der Waals surface area contributed by atoms with E-state index in [1.54, 1.807) is 6.07 Å². The Balaban J connectivity index is 2.32. The van der Waals surface area contributed by atoms with E-state index in [4.69, 9.17) is 5.11 Å².